The average molecular weight is 369 g/mol. The Labute approximate surface area is 158 Å². The van der Waals surface area contributed by atoms with E-state index in [2.05, 4.69) is 5.32 Å². The highest BCUT2D eigenvalue weighted by Gasteiger charge is 2.20. The predicted octanol–water partition coefficient (Wildman–Crippen LogP) is 4.34. The van der Waals surface area contributed by atoms with E-state index in [-0.39, 0.29) is 17.7 Å². The number of furan rings is 1. The minimum atomic E-state index is -0.283. The van der Waals surface area contributed by atoms with Gasteiger partial charge >= 0.3 is 0 Å². The van der Waals surface area contributed by atoms with Gasteiger partial charge in [-0.1, -0.05) is 25.1 Å². The van der Waals surface area contributed by atoms with Crippen molar-refractivity contribution in [1.29, 1.82) is 0 Å². The summed E-state index contributed by atoms with van der Waals surface area (Å²) < 4.78 is 21.6. The second kappa shape index (κ2) is 8.03. The van der Waals surface area contributed by atoms with Gasteiger partial charge in [0.25, 0.3) is 5.91 Å². The lowest BCUT2D eigenvalue weighted by atomic mass is 10.0. The van der Waals surface area contributed by atoms with Crippen molar-refractivity contribution in [1.82, 2.24) is 5.32 Å². The van der Waals surface area contributed by atoms with Crippen LogP contribution in [0.2, 0.25) is 0 Å². The number of hydrogen-bond acceptors (Lipinski definition) is 5. The van der Waals surface area contributed by atoms with Crippen LogP contribution in [0, 0.1) is 0 Å². The van der Waals surface area contributed by atoms with Crippen molar-refractivity contribution < 1.29 is 23.4 Å². The molecule has 6 nitrogen and oxygen atoms in total. The van der Waals surface area contributed by atoms with Crippen molar-refractivity contribution in [3.8, 4) is 17.2 Å². The zero-order chi connectivity index (χ0) is 19.4. The molecule has 0 radical (unpaired) electrons. The Morgan fingerprint density at radius 1 is 1.00 bits per heavy atom. The first-order valence-electron chi connectivity index (χ1n) is 8.70. The molecule has 6 heteroatoms. The second-order valence-electron chi connectivity index (χ2n) is 6.04. The molecule has 1 N–H and O–H groups in total. The lowest BCUT2D eigenvalue weighted by Crippen LogP contribution is -2.27. The monoisotopic (exact) mass is 369 g/mol. The summed E-state index contributed by atoms with van der Waals surface area (Å²) in [5.74, 6) is 1.82. The molecule has 27 heavy (non-hydrogen) atoms. The number of nitrogens with one attached hydrogen (secondary N) is 1. The van der Waals surface area contributed by atoms with Crippen LogP contribution < -0.4 is 19.5 Å². The topological polar surface area (TPSA) is 69.9 Å². The molecule has 0 unspecified atom stereocenters. The summed E-state index contributed by atoms with van der Waals surface area (Å²) in [6, 6.07) is 12.7. The van der Waals surface area contributed by atoms with E-state index in [1.807, 2.05) is 37.3 Å². The summed E-state index contributed by atoms with van der Waals surface area (Å²) in [6.07, 6.45) is 0.713. The van der Waals surface area contributed by atoms with E-state index in [0.717, 1.165) is 10.9 Å². The molecule has 1 heterocycles. The van der Waals surface area contributed by atoms with Gasteiger partial charge in [0.15, 0.2) is 28.6 Å². The van der Waals surface area contributed by atoms with Crippen LogP contribution in [0.4, 0.5) is 0 Å². The number of para-hydroxylation sites is 1. The molecule has 0 saturated heterocycles. The Kier molecular flexibility index (Phi) is 5.54. The van der Waals surface area contributed by atoms with Gasteiger partial charge in [0.1, 0.15) is 0 Å². The zero-order valence-corrected chi connectivity index (χ0v) is 15.9. The van der Waals surface area contributed by atoms with E-state index < -0.39 is 0 Å². The smallest absolute Gasteiger partial charge is 0.287 e. The first kappa shape index (κ1) is 18.6. The molecule has 0 aliphatic rings. The third kappa shape index (κ3) is 3.69. The average Bonchev–Trinajstić information content (AvgIpc) is 3.15. The molecule has 1 aromatic heterocycles. The van der Waals surface area contributed by atoms with Crippen LogP contribution in [-0.4, -0.2) is 27.2 Å². The number of carbonyl (C=O) groups excluding carboxylic acids is 1. The number of carbonyl (C=O) groups is 1. The number of ether oxygens (including phenoxy) is 3. The summed E-state index contributed by atoms with van der Waals surface area (Å²) >= 11 is 0. The van der Waals surface area contributed by atoms with E-state index >= 15 is 0 Å². The van der Waals surface area contributed by atoms with Gasteiger partial charge in [-0.2, -0.15) is 0 Å². The molecule has 0 aliphatic heterocycles. The molecule has 3 rings (SSSR count). The highest BCUT2D eigenvalue weighted by molar-refractivity contribution is 5.97. The van der Waals surface area contributed by atoms with Crippen LogP contribution in [0.1, 0.15) is 35.5 Å². The van der Waals surface area contributed by atoms with E-state index in [1.165, 1.54) is 0 Å². The second-order valence-corrected chi connectivity index (χ2v) is 6.04. The number of rotatable bonds is 7. The summed E-state index contributed by atoms with van der Waals surface area (Å²) in [7, 11) is 4.75. The third-order valence-corrected chi connectivity index (χ3v) is 4.48. The Morgan fingerprint density at radius 3 is 2.41 bits per heavy atom. The summed E-state index contributed by atoms with van der Waals surface area (Å²) in [5.41, 5.74) is 1.49. The van der Waals surface area contributed by atoms with Gasteiger partial charge < -0.3 is 23.9 Å². The normalized spacial score (nSPS) is 11.9. The van der Waals surface area contributed by atoms with Crippen LogP contribution in [-0.2, 0) is 0 Å². The first-order valence-corrected chi connectivity index (χ1v) is 8.70. The number of amides is 1. The van der Waals surface area contributed by atoms with Crippen molar-refractivity contribution in [3.63, 3.8) is 0 Å². The molecule has 1 atom stereocenters. The van der Waals surface area contributed by atoms with Gasteiger partial charge in [-0.05, 0) is 36.2 Å². The maximum Gasteiger partial charge on any atom is 0.287 e. The molecular formula is C21H23NO5. The summed E-state index contributed by atoms with van der Waals surface area (Å²) in [6.45, 7) is 2.00. The zero-order valence-electron chi connectivity index (χ0n) is 15.9. The molecule has 142 valence electrons. The minimum absolute atomic E-state index is 0.188. The van der Waals surface area contributed by atoms with Crippen molar-refractivity contribution in [3.05, 3.63) is 53.8 Å². The highest BCUT2D eigenvalue weighted by atomic mass is 16.5. The van der Waals surface area contributed by atoms with E-state index in [1.54, 1.807) is 33.5 Å². The number of benzene rings is 2. The molecule has 2 aromatic carbocycles. The van der Waals surface area contributed by atoms with Crippen LogP contribution in [0.15, 0.2) is 46.9 Å². The molecule has 0 saturated carbocycles. The highest BCUT2D eigenvalue weighted by Crippen LogP contribution is 2.32. The quantitative estimate of drug-likeness (QED) is 0.671. The van der Waals surface area contributed by atoms with Gasteiger partial charge in [0, 0.05) is 5.39 Å². The Balaban J connectivity index is 1.85. The summed E-state index contributed by atoms with van der Waals surface area (Å²) in [5, 5.41) is 3.83. The number of fused-ring (bicyclic) bond motifs is 1. The predicted molar refractivity (Wildman–Crippen MR) is 103 cm³/mol. The van der Waals surface area contributed by atoms with Crippen molar-refractivity contribution in [2.24, 2.45) is 0 Å². The van der Waals surface area contributed by atoms with Gasteiger partial charge in [-0.15, -0.1) is 0 Å². The maximum atomic E-state index is 12.7. The maximum absolute atomic E-state index is 12.7. The van der Waals surface area contributed by atoms with Gasteiger partial charge in [-0.3, -0.25) is 4.79 Å². The molecule has 1 amide bonds. The van der Waals surface area contributed by atoms with E-state index in [9.17, 15) is 4.79 Å². The lowest BCUT2D eigenvalue weighted by Gasteiger charge is -2.18. The first-order chi connectivity index (χ1) is 13.1. The number of hydrogen-bond donors (Lipinski definition) is 1. The lowest BCUT2D eigenvalue weighted by molar-refractivity contribution is 0.0909. The fourth-order valence-corrected chi connectivity index (χ4v) is 3.03. The fraction of sp³-hybridized carbons (Fsp3) is 0.286. The van der Waals surface area contributed by atoms with Gasteiger partial charge in [0.2, 0.25) is 0 Å². The SMILES string of the molecule is CC[C@H](NC(=O)c1cc2cccc(OC)c2o1)c1ccc(OC)c(OC)c1. The fourth-order valence-electron chi connectivity index (χ4n) is 3.03. The Bertz CT molecular complexity index is 947. The van der Waals surface area contributed by atoms with Crippen molar-refractivity contribution >= 4 is 16.9 Å². The van der Waals surface area contributed by atoms with Crippen molar-refractivity contribution in [2.45, 2.75) is 19.4 Å². The van der Waals surface area contributed by atoms with Gasteiger partial charge in [0.05, 0.1) is 27.4 Å². The van der Waals surface area contributed by atoms with Crippen molar-refractivity contribution in [2.75, 3.05) is 21.3 Å². The van der Waals surface area contributed by atoms with Crippen LogP contribution in [0.25, 0.3) is 11.0 Å². The van der Waals surface area contributed by atoms with E-state index in [0.29, 0.717) is 29.3 Å². The van der Waals surface area contributed by atoms with Crippen LogP contribution in [0.5, 0.6) is 17.2 Å². The Morgan fingerprint density at radius 2 is 1.74 bits per heavy atom. The molecule has 0 bridgehead atoms. The van der Waals surface area contributed by atoms with Gasteiger partial charge in [-0.25, -0.2) is 0 Å². The van der Waals surface area contributed by atoms with Crippen LogP contribution in [0.3, 0.4) is 0 Å². The molecule has 3 aromatic rings. The summed E-state index contributed by atoms with van der Waals surface area (Å²) in [4.78, 5) is 12.7. The van der Waals surface area contributed by atoms with E-state index in [4.69, 9.17) is 18.6 Å². The standard InChI is InChI=1S/C21H23NO5/c1-5-15(13-9-10-16(24-2)18(11-13)26-4)22-21(23)19-12-14-7-6-8-17(25-3)20(14)27-19/h6-12,15H,5H2,1-4H3,(H,22,23)/t15-/m0/s1. The third-order valence-electron chi connectivity index (χ3n) is 4.48. The number of methoxy groups -OCH3 is 3. The molecule has 0 fully saturated rings. The minimum Gasteiger partial charge on any atom is -0.493 e. The Hall–Kier alpha value is -3.15. The molecule has 0 aliphatic carbocycles. The molecular weight excluding hydrogens is 346 g/mol. The van der Waals surface area contributed by atoms with Crippen LogP contribution >= 0.6 is 0 Å². The largest absolute Gasteiger partial charge is 0.493 e. The molecule has 0 spiro atoms.